The lowest BCUT2D eigenvalue weighted by molar-refractivity contribution is 0.171. The van der Waals surface area contributed by atoms with Gasteiger partial charge in [-0.2, -0.15) is 13.6 Å². The van der Waals surface area contributed by atoms with Gasteiger partial charge in [-0.3, -0.25) is 0 Å². The van der Waals surface area contributed by atoms with Crippen molar-refractivity contribution in [2.75, 3.05) is 23.8 Å². The van der Waals surface area contributed by atoms with Crippen molar-refractivity contribution in [1.29, 1.82) is 0 Å². The Morgan fingerprint density at radius 1 is 1.04 bits per heavy atom. The molecule has 132 valence electrons. The number of amides is 2. The van der Waals surface area contributed by atoms with Crippen molar-refractivity contribution in [1.82, 2.24) is 0 Å². The van der Waals surface area contributed by atoms with Crippen LogP contribution in [0, 0.1) is 0 Å². The Morgan fingerprint density at radius 3 is 2.52 bits per heavy atom. The number of rotatable bonds is 4. The molecule has 2 aromatic rings. The van der Waals surface area contributed by atoms with Crippen molar-refractivity contribution in [3.05, 3.63) is 42.5 Å². The molecule has 4 N–H and O–H groups in total. The lowest BCUT2D eigenvalue weighted by Crippen LogP contribution is -2.23. The first-order valence-corrected chi connectivity index (χ1v) is 8.67. The molecule has 0 aliphatic carbocycles. The van der Waals surface area contributed by atoms with E-state index in [1.54, 1.807) is 30.3 Å². The summed E-state index contributed by atoms with van der Waals surface area (Å²) in [7, 11) is -4.21. The van der Waals surface area contributed by atoms with Gasteiger partial charge in [-0.1, -0.05) is 12.1 Å². The summed E-state index contributed by atoms with van der Waals surface area (Å²) in [6.45, 7) is 0.905. The summed E-state index contributed by atoms with van der Waals surface area (Å²) in [5, 5.41) is 9.95. The van der Waals surface area contributed by atoms with Crippen LogP contribution < -0.4 is 29.4 Å². The van der Waals surface area contributed by atoms with Crippen molar-refractivity contribution >= 4 is 27.7 Å². The van der Waals surface area contributed by atoms with Gasteiger partial charge in [0.2, 0.25) is 0 Å². The molecule has 0 spiro atoms. The second kappa shape index (κ2) is 6.87. The van der Waals surface area contributed by atoms with Crippen molar-refractivity contribution in [2.24, 2.45) is 5.14 Å². The fourth-order valence-corrected chi connectivity index (χ4v) is 2.57. The van der Waals surface area contributed by atoms with Crippen LogP contribution in [0.25, 0.3) is 0 Å². The van der Waals surface area contributed by atoms with Gasteiger partial charge in [-0.25, -0.2) is 4.79 Å². The number of urea groups is 1. The van der Waals surface area contributed by atoms with Crippen molar-refractivity contribution in [2.45, 2.75) is 0 Å². The largest absolute Gasteiger partial charge is 0.486 e. The molecule has 25 heavy (non-hydrogen) atoms. The van der Waals surface area contributed by atoms with E-state index >= 15 is 0 Å². The van der Waals surface area contributed by atoms with Crippen molar-refractivity contribution < 1.29 is 26.9 Å². The van der Waals surface area contributed by atoms with E-state index in [2.05, 4.69) is 14.8 Å². The molecule has 1 aliphatic heterocycles. The first-order chi connectivity index (χ1) is 11.9. The van der Waals surface area contributed by atoms with Gasteiger partial charge in [-0.05, 0) is 24.3 Å². The van der Waals surface area contributed by atoms with Crippen LogP contribution in [0.3, 0.4) is 0 Å². The fraction of sp³-hybridized carbons (Fsp3) is 0.133. The smallest absolute Gasteiger partial charge is 0.380 e. The minimum absolute atomic E-state index is 0.0951. The molecule has 0 fully saturated rings. The number of anilines is 2. The van der Waals surface area contributed by atoms with Gasteiger partial charge in [0.15, 0.2) is 17.2 Å². The van der Waals surface area contributed by atoms with Crippen LogP contribution in [0.5, 0.6) is 17.2 Å². The molecule has 0 bridgehead atoms. The molecule has 1 aliphatic rings. The van der Waals surface area contributed by atoms with Gasteiger partial charge in [0.05, 0.1) is 5.69 Å². The van der Waals surface area contributed by atoms with E-state index in [-0.39, 0.29) is 11.4 Å². The Morgan fingerprint density at radius 2 is 1.76 bits per heavy atom. The summed E-state index contributed by atoms with van der Waals surface area (Å²) in [6, 6.07) is 10.4. The van der Waals surface area contributed by atoms with E-state index in [0.29, 0.717) is 30.4 Å². The van der Waals surface area contributed by atoms with Crippen LogP contribution >= 0.6 is 0 Å². The minimum Gasteiger partial charge on any atom is -0.486 e. The van der Waals surface area contributed by atoms with E-state index in [9.17, 15) is 13.2 Å². The highest BCUT2D eigenvalue weighted by atomic mass is 32.2. The minimum atomic E-state index is -4.21. The molecule has 1 heterocycles. The lowest BCUT2D eigenvalue weighted by atomic mass is 10.2. The van der Waals surface area contributed by atoms with E-state index in [0.717, 1.165) is 0 Å². The highest BCUT2D eigenvalue weighted by Crippen LogP contribution is 2.32. The summed E-state index contributed by atoms with van der Waals surface area (Å²) < 4.78 is 37.6. The second-order valence-electron chi connectivity index (χ2n) is 5.01. The predicted octanol–water partition coefficient (Wildman–Crippen LogP) is 1.68. The molecule has 10 heteroatoms. The number of para-hydroxylation sites is 2. The summed E-state index contributed by atoms with van der Waals surface area (Å²) in [6.07, 6.45) is 0. The number of nitrogens with one attached hydrogen (secondary N) is 2. The van der Waals surface area contributed by atoms with Crippen LogP contribution in [-0.4, -0.2) is 27.7 Å². The topological polar surface area (TPSA) is 129 Å². The van der Waals surface area contributed by atoms with Crippen molar-refractivity contribution in [3.63, 3.8) is 0 Å². The summed E-state index contributed by atoms with van der Waals surface area (Å²) in [4.78, 5) is 12.1. The number of benzene rings is 2. The summed E-state index contributed by atoms with van der Waals surface area (Å²) >= 11 is 0. The maximum absolute atomic E-state index is 12.1. The Bertz CT molecular complexity index is 900. The normalized spacial score (nSPS) is 13.0. The summed E-state index contributed by atoms with van der Waals surface area (Å²) in [5.74, 6) is 1.04. The SMILES string of the molecule is NS(=O)(=O)Oc1ccccc1NC(=O)Nc1ccc2c(c1)OCCO2. The zero-order valence-corrected chi connectivity index (χ0v) is 13.7. The van der Waals surface area contributed by atoms with Crippen LogP contribution in [0.2, 0.25) is 0 Å². The standard InChI is InChI=1S/C15H15N3O6S/c16-25(20,21)24-12-4-2-1-3-11(12)18-15(19)17-10-5-6-13-14(9-10)23-8-7-22-13/h1-6,9H,7-8H2,(H2,16,20,21)(H2,17,18,19). The third-order valence-corrected chi connectivity index (χ3v) is 3.55. The first kappa shape index (κ1) is 16.9. The van der Waals surface area contributed by atoms with Crippen LogP contribution in [0.1, 0.15) is 0 Å². The Hall–Kier alpha value is -2.98. The number of nitrogens with two attached hydrogens (primary N) is 1. The van der Waals surface area contributed by atoms with E-state index in [1.807, 2.05) is 0 Å². The Balaban J connectivity index is 1.71. The molecular formula is C15H15N3O6S. The molecule has 2 aromatic carbocycles. The zero-order chi connectivity index (χ0) is 17.9. The average Bonchev–Trinajstić information content (AvgIpc) is 2.55. The van der Waals surface area contributed by atoms with Gasteiger partial charge >= 0.3 is 16.3 Å². The highest BCUT2D eigenvalue weighted by molar-refractivity contribution is 7.84. The molecule has 0 atom stereocenters. The quantitative estimate of drug-likeness (QED) is 0.756. The van der Waals surface area contributed by atoms with E-state index < -0.39 is 16.3 Å². The monoisotopic (exact) mass is 365 g/mol. The van der Waals surface area contributed by atoms with E-state index in [4.69, 9.17) is 14.6 Å². The molecule has 0 unspecified atom stereocenters. The molecule has 3 rings (SSSR count). The lowest BCUT2D eigenvalue weighted by Gasteiger charge is -2.19. The predicted molar refractivity (Wildman–Crippen MR) is 90.3 cm³/mol. The second-order valence-corrected chi connectivity index (χ2v) is 6.16. The molecule has 0 saturated carbocycles. The van der Waals surface area contributed by atoms with Crippen LogP contribution in [0.4, 0.5) is 16.2 Å². The first-order valence-electron chi connectivity index (χ1n) is 7.19. The number of carbonyl (C=O) groups is 1. The highest BCUT2D eigenvalue weighted by Gasteiger charge is 2.15. The maximum Gasteiger partial charge on any atom is 0.380 e. The summed E-state index contributed by atoms with van der Waals surface area (Å²) in [5.41, 5.74) is 0.623. The van der Waals surface area contributed by atoms with Crippen LogP contribution in [0.15, 0.2) is 42.5 Å². The number of fused-ring (bicyclic) bond motifs is 1. The van der Waals surface area contributed by atoms with Gasteiger partial charge in [-0.15, -0.1) is 0 Å². The third kappa shape index (κ3) is 4.52. The third-order valence-electron chi connectivity index (χ3n) is 3.14. The van der Waals surface area contributed by atoms with E-state index in [1.165, 1.54) is 12.1 Å². The van der Waals surface area contributed by atoms with Gasteiger partial charge in [0, 0.05) is 11.8 Å². The van der Waals surface area contributed by atoms with Gasteiger partial charge in [0.25, 0.3) is 0 Å². The van der Waals surface area contributed by atoms with Crippen molar-refractivity contribution in [3.8, 4) is 17.2 Å². The molecule has 0 saturated heterocycles. The number of ether oxygens (including phenoxy) is 2. The average molecular weight is 365 g/mol. The zero-order valence-electron chi connectivity index (χ0n) is 12.9. The Labute approximate surface area is 143 Å². The molecule has 0 aromatic heterocycles. The van der Waals surface area contributed by atoms with Gasteiger partial charge in [0.1, 0.15) is 13.2 Å². The Kier molecular flexibility index (Phi) is 4.63. The molecular weight excluding hydrogens is 350 g/mol. The number of hydrogen-bond donors (Lipinski definition) is 3. The number of carbonyl (C=O) groups excluding carboxylic acids is 1. The maximum atomic E-state index is 12.1. The molecule has 9 nitrogen and oxygen atoms in total. The van der Waals surface area contributed by atoms with Gasteiger partial charge < -0.3 is 24.3 Å². The number of hydrogen-bond acceptors (Lipinski definition) is 6. The van der Waals surface area contributed by atoms with Crippen LogP contribution in [-0.2, 0) is 10.3 Å². The molecule has 2 amide bonds. The fourth-order valence-electron chi connectivity index (χ4n) is 2.17. The molecule has 0 radical (unpaired) electrons.